The Balaban J connectivity index is 0.00000676. The maximum Gasteiger partial charge on any atom is 0.224 e. The molecule has 156 valence electrons. The van der Waals surface area contributed by atoms with Crippen molar-refractivity contribution in [1.82, 2.24) is 25.3 Å². The fraction of sp³-hybridized carbons (Fsp3) is 0.737. The molecule has 0 spiro atoms. The van der Waals surface area contributed by atoms with Crippen LogP contribution in [0.1, 0.15) is 51.1 Å². The Morgan fingerprint density at radius 2 is 1.89 bits per heavy atom. The third-order valence-electron chi connectivity index (χ3n) is 4.61. The van der Waals surface area contributed by atoms with Gasteiger partial charge in [0.1, 0.15) is 0 Å². The number of halogens is 1. The quantitative estimate of drug-likeness (QED) is 0.316. The van der Waals surface area contributed by atoms with Gasteiger partial charge in [-0.15, -0.1) is 24.0 Å². The highest BCUT2D eigenvalue weighted by atomic mass is 127. The van der Waals surface area contributed by atoms with Gasteiger partial charge in [-0.1, -0.05) is 0 Å². The first-order valence-electron chi connectivity index (χ1n) is 9.65. The molecule has 0 radical (unpaired) electrons. The Morgan fingerprint density at radius 1 is 1.26 bits per heavy atom. The lowest BCUT2D eigenvalue weighted by atomic mass is 10.1. The van der Waals surface area contributed by atoms with Crippen molar-refractivity contribution in [2.45, 2.75) is 60.4 Å². The molecule has 0 aliphatic carbocycles. The minimum Gasteiger partial charge on any atom is -0.357 e. The van der Waals surface area contributed by atoms with Gasteiger partial charge in [-0.25, -0.2) is 0 Å². The second-order valence-corrected chi connectivity index (χ2v) is 6.60. The average Bonchev–Trinajstić information content (AvgIpc) is 2.82. The average molecular weight is 492 g/mol. The lowest BCUT2D eigenvalue weighted by Crippen LogP contribution is -2.43. The van der Waals surface area contributed by atoms with Crippen LogP contribution in [0.3, 0.4) is 0 Å². The molecule has 0 saturated heterocycles. The molecule has 1 aromatic rings. The first-order chi connectivity index (χ1) is 12.3. The van der Waals surface area contributed by atoms with Crippen molar-refractivity contribution in [3.05, 3.63) is 17.0 Å². The van der Waals surface area contributed by atoms with E-state index in [1.54, 1.807) is 0 Å². The predicted molar refractivity (Wildman–Crippen MR) is 123 cm³/mol. The summed E-state index contributed by atoms with van der Waals surface area (Å²) in [5.41, 5.74) is 3.55. The van der Waals surface area contributed by atoms with E-state index in [1.165, 1.54) is 11.3 Å². The summed E-state index contributed by atoms with van der Waals surface area (Å²) in [6, 6.07) is 0.216. The summed E-state index contributed by atoms with van der Waals surface area (Å²) in [4.78, 5) is 18.5. The smallest absolute Gasteiger partial charge is 0.224 e. The van der Waals surface area contributed by atoms with Gasteiger partial charge < -0.3 is 15.5 Å². The van der Waals surface area contributed by atoms with Crippen molar-refractivity contribution >= 4 is 35.8 Å². The van der Waals surface area contributed by atoms with Gasteiger partial charge in [0.2, 0.25) is 5.91 Å². The molecule has 27 heavy (non-hydrogen) atoms. The van der Waals surface area contributed by atoms with Gasteiger partial charge in [-0.05, 0) is 53.5 Å². The molecule has 0 aromatic carbocycles. The Hall–Kier alpha value is -1.32. The van der Waals surface area contributed by atoms with Crippen LogP contribution in [0.2, 0.25) is 0 Å². The van der Waals surface area contributed by atoms with Crippen molar-refractivity contribution < 1.29 is 4.79 Å². The zero-order valence-corrected chi connectivity index (χ0v) is 20.3. The van der Waals surface area contributed by atoms with Gasteiger partial charge in [0.05, 0.1) is 12.2 Å². The van der Waals surface area contributed by atoms with E-state index >= 15 is 0 Å². The number of carbonyl (C=O) groups is 1. The molecule has 1 unspecified atom stereocenters. The molecule has 1 heterocycles. The molecule has 0 fully saturated rings. The molecule has 0 bridgehead atoms. The summed E-state index contributed by atoms with van der Waals surface area (Å²) < 4.78 is 1.93. The van der Waals surface area contributed by atoms with Gasteiger partial charge >= 0.3 is 0 Å². The second kappa shape index (κ2) is 13.0. The summed E-state index contributed by atoms with van der Waals surface area (Å²) >= 11 is 0. The van der Waals surface area contributed by atoms with Gasteiger partial charge in [0, 0.05) is 44.8 Å². The molecule has 8 heteroatoms. The Morgan fingerprint density at radius 3 is 2.37 bits per heavy atom. The Labute approximate surface area is 181 Å². The lowest BCUT2D eigenvalue weighted by Gasteiger charge is -2.19. The summed E-state index contributed by atoms with van der Waals surface area (Å²) in [6.07, 6.45) is 1.32. The minimum absolute atomic E-state index is 0. The number of carbonyl (C=O) groups excluding carboxylic acids is 1. The van der Waals surface area contributed by atoms with Crippen LogP contribution in [-0.2, 0) is 18.3 Å². The van der Waals surface area contributed by atoms with Crippen molar-refractivity contribution in [1.29, 1.82) is 0 Å². The van der Waals surface area contributed by atoms with E-state index in [-0.39, 0.29) is 35.9 Å². The molecule has 0 aliphatic heterocycles. The van der Waals surface area contributed by atoms with Crippen molar-refractivity contribution in [3.63, 3.8) is 0 Å². The maximum absolute atomic E-state index is 12.1. The number of aromatic nitrogens is 2. The van der Waals surface area contributed by atoms with Crippen molar-refractivity contribution in [2.24, 2.45) is 12.0 Å². The van der Waals surface area contributed by atoms with Crippen LogP contribution in [0, 0.1) is 13.8 Å². The highest BCUT2D eigenvalue weighted by molar-refractivity contribution is 14.0. The summed E-state index contributed by atoms with van der Waals surface area (Å²) in [6.45, 7) is 15.1. The number of aliphatic imine (C=N–C) groups is 1. The standard InChI is InChI=1S/C19H36N6O.HI/c1-8-20-19(21-12-11-18(26)25(9-2)10-3)22-14(4)13-17-15(5)23-24(7)16(17)6;/h14H,8-13H2,1-7H3,(H2,20,21,22);1H. The van der Waals surface area contributed by atoms with Crippen LogP contribution >= 0.6 is 24.0 Å². The normalized spacial score (nSPS) is 12.3. The number of rotatable bonds is 9. The van der Waals surface area contributed by atoms with Crippen molar-refractivity contribution in [3.8, 4) is 0 Å². The zero-order valence-electron chi connectivity index (χ0n) is 17.9. The first kappa shape index (κ1) is 25.7. The number of nitrogens with zero attached hydrogens (tertiary/aromatic N) is 4. The van der Waals surface area contributed by atoms with Crippen LogP contribution in [0.4, 0.5) is 0 Å². The van der Waals surface area contributed by atoms with Crippen LogP contribution in [0.15, 0.2) is 4.99 Å². The molecule has 1 aromatic heterocycles. The molecule has 0 aliphatic rings. The third-order valence-corrected chi connectivity index (χ3v) is 4.61. The number of guanidine groups is 1. The fourth-order valence-corrected chi connectivity index (χ4v) is 3.02. The second-order valence-electron chi connectivity index (χ2n) is 6.60. The van der Waals surface area contributed by atoms with Gasteiger partial charge in [-0.3, -0.25) is 14.5 Å². The van der Waals surface area contributed by atoms with Gasteiger partial charge in [-0.2, -0.15) is 5.10 Å². The summed E-state index contributed by atoms with van der Waals surface area (Å²) in [5.74, 6) is 0.913. The van der Waals surface area contributed by atoms with E-state index in [4.69, 9.17) is 0 Å². The molecule has 0 saturated carbocycles. The van der Waals surface area contributed by atoms with Gasteiger partial charge in [0.25, 0.3) is 0 Å². The highest BCUT2D eigenvalue weighted by Gasteiger charge is 2.14. The van der Waals surface area contributed by atoms with Crippen molar-refractivity contribution in [2.75, 3.05) is 26.2 Å². The number of amides is 1. The van der Waals surface area contributed by atoms with Crippen LogP contribution < -0.4 is 10.6 Å². The molecule has 1 rings (SSSR count). The number of nitrogens with one attached hydrogen (secondary N) is 2. The fourth-order valence-electron chi connectivity index (χ4n) is 3.02. The van der Waals surface area contributed by atoms with Crippen LogP contribution in [-0.4, -0.2) is 58.8 Å². The Kier molecular flexibility index (Phi) is 12.3. The maximum atomic E-state index is 12.1. The summed E-state index contributed by atoms with van der Waals surface area (Å²) in [7, 11) is 1.97. The van der Waals surface area contributed by atoms with Crippen LogP contribution in [0.25, 0.3) is 0 Å². The number of hydrogen-bond donors (Lipinski definition) is 2. The largest absolute Gasteiger partial charge is 0.357 e. The topological polar surface area (TPSA) is 74.6 Å². The molecular weight excluding hydrogens is 455 g/mol. The molecule has 1 amide bonds. The molecule has 2 N–H and O–H groups in total. The van der Waals surface area contributed by atoms with E-state index in [2.05, 4.69) is 34.6 Å². The van der Waals surface area contributed by atoms with E-state index in [9.17, 15) is 4.79 Å². The Bertz CT molecular complexity index is 610. The van der Waals surface area contributed by atoms with E-state index in [0.29, 0.717) is 13.0 Å². The predicted octanol–water partition coefficient (Wildman–Crippen LogP) is 2.40. The third kappa shape index (κ3) is 8.06. The molecular formula is C19H37IN6O. The monoisotopic (exact) mass is 492 g/mol. The van der Waals surface area contributed by atoms with E-state index < -0.39 is 0 Å². The number of hydrogen-bond acceptors (Lipinski definition) is 3. The zero-order chi connectivity index (χ0) is 19.7. The van der Waals surface area contributed by atoms with Crippen LogP contribution in [0.5, 0.6) is 0 Å². The number of aryl methyl sites for hydroxylation is 2. The SMILES string of the molecule is CCNC(=NCCC(=O)N(CC)CC)NC(C)Cc1c(C)nn(C)c1C.I. The molecule has 7 nitrogen and oxygen atoms in total. The lowest BCUT2D eigenvalue weighted by molar-refractivity contribution is -0.130. The van der Waals surface area contributed by atoms with E-state index in [0.717, 1.165) is 37.7 Å². The van der Waals surface area contributed by atoms with Gasteiger partial charge in [0.15, 0.2) is 5.96 Å². The minimum atomic E-state index is 0. The summed E-state index contributed by atoms with van der Waals surface area (Å²) in [5, 5.41) is 11.2. The first-order valence-corrected chi connectivity index (χ1v) is 9.65. The van der Waals surface area contributed by atoms with E-state index in [1.807, 2.05) is 44.3 Å². The molecule has 1 atom stereocenters. The highest BCUT2D eigenvalue weighted by Crippen LogP contribution is 2.14.